The van der Waals surface area contributed by atoms with Gasteiger partial charge in [0, 0.05) is 18.4 Å². The van der Waals surface area contributed by atoms with Crippen molar-refractivity contribution >= 4 is 5.52 Å². The summed E-state index contributed by atoms with van der Waals surface area (Å²) in [6, 6.07) is 5.50. The molecular formula is C20H23FN2O3. The number of pyridine rings is 1. The number of nitrogens with zero attached hydrogens (tertiary/aromatic N) is 2. The van der Waals surface area contributed by atoms with E-state index in [1.807, 2.05) is 13.8 Å². The molecule has 2 fully saturated rings. The number of nitriles is 1. The Labute approximate surface area is 151 Å². The number of rotatable bonds is 3. The van der Waals surface area contributed by atoms with Crippen molar-refractivity contribution in [3.05, 3.63) is 41.0 Å². The second-order valence-corrected chi connectivity index (χ2v) is 8.15. The Bertz CT molecular complexity index is 906. The van der Waals surface area contributed by atoms with E-state index in [2.05, 4.69) is 6.07 Å². The minimum absolute atomic E-state index is 0.0513. The van der Waals surface area contributed by atoms with Gasteiger partial charge >= 0.3 is 0 Å². The maximum atomic E-state index is 15.4. The number of hydrogen-bond donors (Lipinski definition) is 2. The molecule has 26 heavy (non-hydrogen) atoms. The van der Waals surface area contributed by atoms with Crippen molar-refractivity contribution < 1.29 is 19.3 Å². The van der Waals surface area contributed by atoms with Crippen LogP contribution in [0.3, 0.4) is 0 Å². The van der Waals surface area contributed by atoms with E-state index in [9.17, 15) is 15.5 Å². The normalized spacial score (nSPS) is 24.0. The summed E-state index contributed by atoms with van der Waals surface area (Å²) in [5.74, 6) is -0.299. The molecule has 2 aromatic heterocycles. The summed E-state index contributed by atoms with van der Waals surface area (Å²) in [7, 11) is 0. The highest BCUT2D eigenvalue weighted by Crippen LogP contribution is 2.50. The highest BCUT2D eigenvalue weighted by Gasteiger charge is 2.49. The molecular weight excluding hydrogens is 335 g/mol. The third kappa shape index (κ3) is 2.62. The lowest BCUT2D eigenvalue weighted by Gasteiger charge is -2.35. The summed E-state index contributed by atoms with van der Waals surface area (Å²) in [6.45, 7) is 4.61. The molecule has 138 valence electrons. The van der Waals surface area contributed by atoms with Crippen LogP contribution in [-0.4, -0.2) is 26.8 Å². The summed E-state index contributed by atoms with van der Waals surface area (Å²) in [5, 5.41) is 29.1. The molecule has 5 nitrogen and oxygen atoms in total. The van der Waals surface area contributed by atoms with Gasteiger partial charge in [0.25, 0.3) is 0 Å². The van der Waals surface area contributed by atoms with E-state index >= 15 is 4.39 Å². The highest BCUT2D eigenvalue weighted by atomic mass is 19.1. The largest absolute Gasteiger partial charge is 0.376 e. The molecule has 3 heterocycles. The SMILES string of the molecule is CC1(C)C[C@H](c2ccn3c(C4(C#N)CC4)c(C(O)O)cc3c2F)CCO1. The van der Waals surface area contributed by atoms with Crippen LogP contribution in [0.5, 0.6) is 0 Å². The first-order valence-electron chi connectivity index (χ1n) is 9.03. The quantitative estimate of drug-likeness (QED) is 0.826. The number of fused-ring (bicyclic) bond motifs is 1. The molecule has 1 aliphatic heterocycles. The zero-order valence-electron chi connectivity index (χ0n) is 15.0. The van der Waals surface area contributed by atoms with Crippen LogP contribution in [0.2, 0.25) is 0 Å². The molecule has 6 heteroatoms. The molecule has 0 bridgehead atoms. The Morgan fingerprint density at radius 2 is 2.12 bits per heavy atom. The van der Waals surface area contributed by atoms with Gasteiger partial charge in [-0.2, -0.15) is 5.26 Å². The number of hydrogen-bond acceptors (Lipinski definition) is 4. The molecule has 0 spiro atoms. The lowest BCUT2D eigenvalue weighted by molar-refractivity contribution is -0.0596. The van der Waals surface area contributed by atoms with Crippen molar-refractivity contribution in [2.75, 3.05) is 6.61 Å². The Balaban J connectivity index is 1.86. The van der Waals surface area contributed by atoms with Gasteiger partial charge in [0.1, 0.15) is 0 Å². The highest BCUT2D eigenvalue weighted by molar-refractivity contribution is 5.61. The molecule has 0 unspecified atom stereocenters. The topological polar surface area (TPSA) is 77.9 Å². The molecule has 2 aliphatic rings. The number of ether oxygens (including phenoxy) is 1. The molecule has 0 radical (unpaired) electrons. The molecule has 4 rings (SSSR count). The fourth-order valence-corrected chi connectivity index (χ4v) is 4.29. The van der Waals surface area contributed by atoms with Crippen LogP contribution >= 0.6 is 0 Å². The fourth-order valence-electron chi connectivity index (χ4n) is 4.29. The molecule has 2 aromatic rings. The van der Waals surface area contributed by atoms with Gasteiger partial charge in [-0.3, -0.25) is 0 Å². The maximum Gasteiger partial charge on any atom is 0.180 e. The van der Waals surface area contributed by atoms with E-state index in [-0.39, 0.29) is 22.9 Å². The van der Waals surface area contributed by atoms with E-state index in [0.717, 1.165) is 12.8 Å². The van der Waals surface area contributed by atoms with E-state index in [1.54, 1.807) is 16.7 Å². The van der Waals surface area contributed by atoms with Gasteiger partial charge in [-0.1, -0.05) is 0 Å². The first-order valence-corrected chi connectivity index (χ1v) is 9.03. The number of aliphatic hydroxyl groups excluding tert-OH is 1. The van der Waals surface area contributed by atoms with Crippen LogP contribution in [0, 0.1) is 17.1 Å². The maximum absolute atomic E-state index is 15.4. The minimum Gasteiger partial charge on any atom is -0.376 e. The van der Waals surface area contributed by atoms with Gasteiger partial charge in [0.05, 0.1) is 28.3 Å². The van der Waals surface area contributed by atoms with Gasteiger partial charge in [-0.05, 0) is 63.1 Å². The Morgan fingerprint density at radius 1 is 1.38 bits per heavy atom. The molecule has 0 aromatic carbocycles. The van der Waals surface area contributed by atoms with Crippen LogP contribution in [0.1, 0.15) is 68.6 Å². The zero-order valence-corrected chi connectivity index (χ0v) is 15.0. The third-order valence-corrected chi connectivity index (χ3v) is 5.78. The minimum atomic E-state index is -1.74. The zero-order chi connectivity index (χ0) is 18.7. The smallest absolute Gasteiger partial charge is 0.180 e. The summed E-state index contributed by atoms with van der Waals surface area (Å²) in [6.07, 6.45) is 2.79. The average Bonchev–Trinajstić information content (AvgIpc) is 3.26. The van der Waals surface area contributed by atoms with Gasteiger partial charge in [-0.15, -0.1) is 0 Å². The predicted molar refractivity (Wildman–Crippen MR) is 93.1 cm³/mol. The second kappa shape index (κ2) is 5.78. The van der Waals surface area contributed by atoms with E-state index in [0.29, 0.717) is 36.2 Å². The van der Waals surface area contributed by atoms with Crippen molar-refractivity contribution in [2.45, 2.75) is 62.8 Å². The molecule has 0 amide bonds. The van der Waals surface area contributed by atoms with Crippen LogP contribution < -0.4 is 0 Å². The molecule has 1 saturated heterocycles. The fraction of sp³-hybridized carbons (Fsp3) is 0.550. The first-order chi connectivity index (χ1) is 12.3. The molecule has 1 atom stereocenters. The van der Waals surface area contributed by atoms with E-state index in [4.69, 9.17) is 4.74 Å². The summed E-state index contributed by atoms with van der Waals surface area (Å²) < 4.78 is 22.7. The first kappa shape index (κ1) is 17.5. The van der Waals surface area contributed by atoms with Gasteiger partial charge in [0.15, 0.2) is 12.1 Å². The number of halogens is 1. The van der Waals surface area contributed by atoms with Gasteiger partial charge in [0.2, 0.25) is 0 Å². The van der Waals surface area contributed by atoms with Crippen molar-refractivity contribution in [2.24, 2.45) is 0 Å². The van der Waals surface area contributed by atoms with Crippen molar-refractivity contribution in [1.29, 1.82) is 5.26 Å². The van der Waals surface area contributed by atoms with E-state index in [1.165, 1.54) is 6.07 Å². The lowest BCUT2D eigenvalue weighted by Crippen LogP contribution is -2.33. The summed E-state index contributed by atoms with van der Waals surface area (Å²) >= 11 is 0. The molecule has 1 aliphatic carbocycles. The lowest BCUT2D eigenvalue weighted by atomic mass is 9.83. The van der Waals surface area contributed by atoms with Gasteiger partial charge < -0.3 is 19.4 Å². The van der Waals surface area contributed by atoms with E-state index < -0.39 is 11.7 Å². The monoisotopic (exact) mass is 358 g/mol. The van der Waals surface area contributed by atoms with Crippen LogP contribution in [0.15, 0.2) is 18.3 Å². The van der Waals surface area contributed by atoms with Gasteiger partial charge in [-0.25, -0.2) is 4.39 Å². The summed E-state index contributed by atoms with van der Waals surface area (Å²) in [4.78, 5) is 0. The molecule has 1 saturated carbocycles. The molecule has 2 N–H and O–H groups in total. The Hall–Kier alpha value is -1.94. The number of aliphatic hydroxyl groups is 2. The summed E-state index contributed by atoms with van der Waals surface area (Å²) in [5.41, 5.74) is 0.598. The van der Waals surface area contributed by atoms with Crippen molar-refractivity contribution in [3.63, 3.8) is 0 Å². The Kier molecular flexibility index (Phi) is 3.88. The Morgan fingerprint density at radius 3 is 2.69 bits per heavy atom. The predicted octanol–water partition coefficient (Wildman–Crippen LogP) is 3.29. The van der Waals surface area contributed by atoms with Crippen LogP contribution in [0.4, 0.5) is 4.39 Å². The third-order valence-electron chi connectivity index (χ3n) is 5.78. The van der Waals surface area contributed by atoms with Crippen LogP contribution in [0.25, 0.3) is 5.52 Å². The standard InChI is InChI=1S/C20H23FN2O3/c1-19(2)10-12(4-8-26-19)13-3-7-23-15(16(13)21)9-14(18(24)25)17(23)20(11-22)5-6-20/h3,7,9,12,18,24-25H,4-6,8,10H2,1-2H3/t12-/m1/s1. The van der Waals surface area contributed by atoms with Crippen molar-refractivity contribution in [3.8, 4) is 6.07 Å². The number of aromatic nitrogens is 1. The van der Waals surface area contributed by atoms with Crippen LogP contribution in [-0.2, 0) is 10.2 Å². The second-order valence-electron chi connectivity index (χ2n) is 8.15. The average molecular weight is 358 g/mol. The van der Waals surface area contributed by atoms with Crippen molar-refractivity contribution in [1.82, 2.24) is 4.40 Å².